The highest BCUT2D eigenvalue weighted by molar-refractivity contribution is 7.99. The van der Waals surface area contributed by atoms with Crippen molar-refractivity contribution < 1.29 is 13.2 Å². The first kappa shape index (κ1) is 14.1. The van der Waals surface area contributed by atoms with Gasteiger partial charge in [-0.05, 0) is 47.2 Å². The molecule has 1 saturated carbocycles. The van der Waals surface area contributed by atoms with Crippen molar-refractivity contribution in [3.05, 3.63) is 17.7 Å². The van der Waals surface area contributed by atoms with Gasteiger partial charge in [-0.25, -0.2) is 15.5 Å². The lowest BCUT2D eigenvalue weighted by Crippen LogP contribution is -2.12. The summed E-state index contributed by atoms with van der Waals surface area (Å²) in [6.07, 6.45) is -2.55. The molecule has 0 aromatic carbocycles. The number of hydrazine groups is 1. The summed E-state index contributed by atoms with van der Waals surface area (Å²) in [7, 11) is 0. The molecular weight excluding hydrogens is 307 g/mol. The summed E-state index contributed by atoms with van der Waals surface area (Å²) in [6, 6.07) is 2.01. The molecule has 112 valence electrons. The third-order valence-electron chi connectivity index (χ3n) is 2.83. The van der Waals surface area contributed by atoms with E-state index in [1.54, 1.807) is 4.68 Å². The van der Waals surface area contributed by atoms with E-state index in [4.69, 9.17) is 5.84 Å². The van der Waals surface area contributed by atoms with E-state index in [0.29, 0.717) is 5.16 Å². The fourth-order valence-electron chi connectivity index (χ4n) is 1.69. The first-order valence-corrected chi connectivity index (χ1v) is 6.80. The average Bonchev–Trinajstić information content (AvgIpc) is 3.18. The van der Waals surface area contributed by atoms with E-state index in [1.807, 2.05) is 0 Å². The van der Waals surface area contributed by atoms with Crippen LogP contribution in [0.4, 0.5) is 19.0 Å². The molecule has 2 heterocycles. The summed E-state index contributed by atoms with van der Waals surface area (Å²) in [5.41, 5.74) is 1.29. The lowest BCUT2D eigenvalue weighted by molar-refractivity contribution is -0.137. The Morgan fingerprint density at radius 3 is 2.71 bits per heavy atom. The molecule has 1 aliphatic rings. The van der Waals surface area contributed by atoms with Gasteiger partial charge in [0.2, 0.25) is 5.16 Å². The predicted molar refractivity (Wildman–Crippen MR) is 67.3 cm³/mol. The summed E-state index contributed by atoms with van der Waals surface area (Å²) in [4.78, 5) is 3.98. The molecule has 0 saturated heterocycles. The smallest absolute Gasteiger partial charge is 0.308 e. The van der Waals surface area contributed by atoms with Gasteiger partial charge in [0.05, 0.1) is 11.6 Å². The second-order valence-corrected chi connectivity index (χ2v) is 5.45. The number of nitrogens with zero attached hydrogens (tertiary/aromatic N) is 5. The topological polar surface area (TPSA) is 94.5 Å². The highest BCUT2D eigenvalue weighted by atomic mass is 32.2. The van der Waals surface area contributed by atoms with Crippen LogP contribution in [0, 0.1) is 0 Å². The number of nitrogen functional groups attached to an aromatic ring is 1. The zero-order valence-corrected chi connectivity index (χ0v) is 11.3. The van der Waals surface area contributed by atoms with Gasteiger partial charge in [0.1, 0.15) is 10.8 Å². The zero-order chi connectivity index (χ0) is 15.0. The molecule has 3 rings (SSSR count). The van der Waals surface area contributed by atoms with Gasteiger partial charge in [0, 0.05) is 0 Å². The first-order chi connectivity index (χ1) is 9.97. The van der Waals surface area contributed by atoms with Gasteiger partial charge in [-0.3, -0.25) is 0 Å². The van der Waals surface area contributed by atoms with Crippen LogP contribution in [0.5, 0.6) is 0 Å². The van der Waals surface area contributed by atoms with E-state index in [1.165, 1.54) is 0 Å². The number of pyridine rings is 1. The minimum Gasteiger partial charge on any atom is -0.308 e. The van der Waals surface area contributed by atoms with Gasteiger partial charge in [-0.1, -0.05) is 0 Å². The Hall–Kier alpha value is -1.88. The van der Waals surface area contributed by atoms with E-state index in [-0.39, 0.29) is 16.9 Å². The van der Waals surface area contributed by atoms with Gasteiger partial charge in [-0.2, -0.15) is 13.2 Å². The fraction of sp³-hybridized carbons (Fsp3) is 0.400. The standard InChI is InChI=1S/C10H10F3N7S/c11-10(12,13)5-3-7(16-14)15-8(4-5)21-9-17-18-19-20(9)6-1-2-6/h3-4,6H,1-2,14H2,(H,15,16). The van der Waals surface area contributed by atoms with Crippen molar-refractivity contribution in [1.29, 1.82) is 0 Å². The van der Waals surface area contributed by atoms with Crippen LogP contribution >= 0.6 is 11.8 Å². The Kier molecular flexibility index (Phi) is 3.45. The van der Waals surface area contributed by atoms with Gasteiger partial charge in [0.25, 0.3) is 0 Å². The van der Waals surface area contributed by atoms with Crippen LogP contribution in [0.15, 0.2) is 22.3 Å². The highest BCUT2D eigenvalue weighted by Gasteiger charge is 2.32. The van der Waals surface area contributed by atoms with Gasteiger partial charge in [-0.15, -0.1) is 5.10 Å². The normalized spacial score (nSPS) is 15.2. The molecule has 0 aliphatic heterocycles. The lowest BCUT2D eigenvalue weighted by atomic mass is 10.2. The first-order valence-electron chi connectivity index (χ1n) is 5.99. The zero-order valence-electron chi connectivity index (χ0n) is 10.5. The van der Waals surface area contributed by atoms with E-state index in [9.17, 15) is 13.2 Å². The van der Waals surface area contributed by atoms with Crippen LogP contribution in [0.2, 0.25) is 0 Å². The van der Waals surface area contributed by atoms with Crippen molar-refractivity contribution in [2.75, 3.05) is 5.43 Å². The summed E-state index contributed by atoms with van der Waals surface area (Å²) in [5.74, 6) is 5.09. The number of hydrogen-bond acceptors (Lipinski definition) is 7. The highest BCUT2D eigenvalue weighted by Crippen LogP contribution is 2.39. The van der Waals surface area contributed by atoms with Crippen LogP contribution in [0.1, 0.15) is 24.4 Å². The average molecular weight is 317 g/mol. The van der Waals surface area contributed by atoms with Crippen molar-refractivity contribution in [1.82, 2.24) is 25.2 Å². The van der Waals surface area contributed by atoms with Crippen LogP contribution in [-0.2, 0) is 6.18 Å². The second-order valence-electron chi connectivity index (χ2n) is 4.46. The minimum atomic E-state index is -4.48. The number of nitrogens with two attached hydrogens (primary N) is 1. The molecule has 11 heteroatoms. The molecule has 21 heavy (non-hydrogen) atoms. The van der Waals surface area contributed by atoms with Crippen molar-refractivity contribution in [3.63, 3.8) is 0 Å². The Bertz CT molecular complexity index is 652. The second kappa shape index (κ2) is 5.15. The Morgan fingerprint density at radius 1 is 1.33 bits per heavy atom. The Balaban J connectivity index is 1.92. The van der Waals surface area contributed by atoms with E-state index >= 15 is 0 Å². The van der Waals surface area contributed by atoms with Crippen molar-refractivity contribution in [2.45, 2.75) is 35.2 Å². The number of nitrogens with one attached hydrogen (secondary N) is 1. The maximum Gasteiger partial charge on any atom is 0.416 e. The molecule has 7 nitrogen and oxygen atoms in total. The molecule has 0 radical (unpaired) electrons. The monoisotopic (exact) mass is 317 g/mol. The number of anilines is 1. The van der Waals surface area contributed by atoms with Gasteiger partial charge >= 0.3 is 6.18 Å². The number of aromatic nitrogens is 5. The number of halogens is 3. The molecule has 0 bridgehead atoms. The maximum atomic E-state index is 12.8. The van der Waals surface area contributed by atoms with Crippen molar-refractivity contribution in [3.8, 4) is 0 Å². The lowest BCUT2D eigenvalue weighted by Gasteiger charge is -2.10. The molecule has 0 amide bonds. The fourth-order valence-corrected chi connectivity index (χ4v) is 2.56. The molecule has 1 aliphatic carbocycles. The Morgan fingerprint density at radius 2 is 2.10 bits per heavy atom. The van der Waals surface area contributed by atoms with Gasteiger partial charge < -0.3 is 5.43 Å². The van der Waals surface area contributed by atoms with Crippen LogP contribution in [-0.4, -0.2) is 25.2 Å². The van der Waals surface area contributed by atoms with Crippen LogP contribution in [0.3, 0.4) is 0 Å². The summed E-state index contributed by atoms with van der Waals surface area (Å²) < 4.78 is 40.1. The molecule has 2 aromatic heterocycles. The largest absolute Gasteiger partial charge is 0.416 e. The SMILES string of the molecule is NNc1cc(C(F)(F)F)cc(Sc2nnnn2C2CC2)n1. The quantitative estimate of drug-likeness (QED) is 0.656. The van der Waals surface area contributed by atoms with E-state index < -0.39 is 11.7 Å². The molecular formula is C10H10F3N7S. The van der Waals surface area contributed by atoms with Crippen molar-refractivity contribution in [2.24, 2.45) is 5.84 Å². The van der Waals surface area contributed by atoms with Gasteiger partial charge in [0.15, 0.2) is 0 Å². The van der Waals surface area contributed by atoms with Crippen LogP contribution < -0.4 is 11.3 Å². The maximum absolute atomic E-state index is 12.8. The Labute approximate surface area is 121 Å². The molecule has 0 spiro atoms. The summed E-state index contributed by atoms with van der Waals surface area (Å²) in [6.45, 7) is 0. The third-order valence-corrected chi connectivity index (χ3v) is 3.70. The summed E-state index contributed by atoms with van der Waals surface area (Å²) in [5, 5.41) is 11.7. The predicted octanol–water partition coefficient (Wildman–Crippen LogP) is 1.86. The summed E-state index contributed by atoms with van der Waals surface area (Å²) >= 11 is 0.969. The van der Waals surface area contributed by atoms with E-state index in [2.05, 4.69) is 25.9 Å². The van der Waals surface area contributed by atoms with Crippen molar-refractivity contribution >= 4 is 17.6 Å². The molecule has 2 aromatic rings. The minimum absolute atomic E-state index is 0.0715. The van der Waals surface area contributed by atoms with E-state index in [0.717, 1.165) is 36.7 Å². The number of tetrazole rings is 1. The molecule has 1 fully saturated rings. The molecule has 0 unspecified atom stereocenters. The molecule has 0 atom stereocenters. The third kappa shape index (κ3) is 3.08. The number of hydrogen-bond donors (Lipinski definition) is 2. The number of alkyl halides is 3. The van der Waals surface area contributed by atoms with Crippen LogP contribution in [0.25, 0.3) is 0 Å². The number of rotatable bonds is 4. The molecule has 3 N–H and O–H groups in total.